The second kappa shape index (κ2) is 10.8. The summed E-state index contributed by atoms with van der Waals surface area (Å²) in [6, 6.07) is 27.9. The Balaban J connectivity index is 1.44. The smallest absolute Gasteiger partial charge is 0.275 e. The first kappa shape index (κ1) is 24.5. The van der Waals surface area contributed by atoms with Crippen LogP contribution in [0, 0.1) is 4.77 Å². The maximum absolute atomic E-state index is 13.6. The van der Waals surface area contributed by atoms with Crippen LogP contribution in [0.15, 0.2) is 89.7 Å². The topological polar surface area (TPSA) is 60.9 Å². The minimum absolute atomic E-state index is 0.131. The summed E-state index contributed by atoms with van der Waals surface area (Å²) >= 11 is 5.93. The average Bonchev–Trinajstić information content (AvgIpc) is 3.26. The molecule has 5 aromatic rings. The SMILES string of the molecule is O=c1c2ccccc2c(Cc2ccccc2)nn1Cc1nn(CN2CCCCC2)c(=S)n1-c1ccccc1. The number of fused-ring (bicyclic) bond motifs is 1. The van der Waals surface area contributed by atoms with Gasteiger partial charge in [0, 0.05) is 17.5 Å². The predicted octanol–water partition coefficient (Wildman–Crippen LogP) is 5.20. The van der Waals surface area contributed by atoms with Crippen molar-refractivity contribution in [1.82, 2.24) is 29.0 Å². The zero-order chi connectivity index (χ0) is 25.9. The lowest BCUT2D eigenvalue weighted by molar-refractivity contribution is 0.172. The van der Waals surface area contributed by atoms with Crippen molar-refractivity contribution in [3.63, 3.8) is 0 Å². The van der Waals surface area contributed by atoms with Crippen LogP contribution in [-0.2, 0) is 19.6 Å². The van der Waals surface area contributed by atoms with Crippen molar-refractivity contribution in [1.29, 1.82) is 0 Å². The highest BCUT2D eigenvalue weighted by Crippen LogP contribution is 2.19. The predicted molar refractivity (Wildman–Crippen MR) is 152 cm³/mol. The molecular weight excluding hydrogens is 492 g/mol. The number of likely N-dealkylation sites (tertiary alicyclic amines) is 1. The van der Waals surface area contributed by atoms with Gasteiger partial charge < -0.3 is 0 Å². The van der Waals surface area contributed by atoms with Gasteiger partial charge in [0.25, 0.3) is 5.56 Å². The first-order valence-electron chi connectivity index (χ1n) is 13.2. The van der Waals surface area contributed by atoms with Crippen LogP contribution in [0.5, 0.6) is 0 Å². The van der Waals surface area contributed by atoms with E-state index in [0.29, 0.717) is 29.1 Å². The molecule has 0 spiro atoms. The minimum Gasteiger partial charge on any atom is -0.284 e. The van der Waals surface area contributed by atoms with E-state index in [4.69, 9.17) is 22.4 Å². The number of hydrogen-bond acceptors (Lipinski definition) is 5. The Kier molecular flexibility index (Phi) is 6.98. The lowest BCUT2D eigenvalue weighted by Gasteiger charge is -2.25. The molecule has 192 valence electrons. The summed E-state index contributed by atoms with van der Waals surface area (Å²) in [5, 5.41) is 11.4. The van der Waals surface area contributed by atoms with Gasteiger partial charge in [0.1, 0.15) is 6.54 Å². The van der Waals surface area contributed by atoms with Crippen LogP contribution in [0.2, 0.25) is 0 Å². The fourth-order valence-electron chi connectivity index (χ4n) is 5.24. The molecule has 6 rings (SSSR count). The van der Waals surface area contributed by atoms with Crippen molar-refractivity contribution in [2.45, 2.75) is 38.9 Å². The van der Waals surface area contributed by atoms with E-state index < -0.39 is 0 Å². The second-order valence-electron chi connectivity index (χ2n) is 9.81. The van der Waals surface area contributed by atoms with Gasteiger partial charge in [-0.1, -0.05) is 73.2 Å². The standard InChI is InChI=1S/C30H30N6OS/c37-29-26-17-9-8-16-25(26)27(20-23-12-4-1-5-13-23)31-34(29)21-28-32-35(22-33-18-10-3-11-19-33)30(38)36(28)24-14-6-2-7-15-24/h1-2,4-9,12-17H,3,10-11,18-22H2. The largest absolute Gasteiger partial charge is 0.284 e. The van der Waals surface area contributed by atoms with E-state index in [0.717, 1.165) is 35.4 Å². The summed E-state index contributed by atoms with van der Waals surface area (Å²) in [5.41, 5.74) is 2.81. The van der Waals surface area contributed by atoms with Crippen molar-refractivity contribution in [2.75, 3.05) is 13.1 Å². The van der Waals surface area contributed by atoms with Gasteiger partial charge >= 0.3 is 0 Å². The molecule has 0 amide bonds. The van der Waals surface area contributed by atoms with Gasteiger partial charge in [0.2, 0.25) is 4.77 Å². The monoisotopic (exact) mass is 522 g/mol. The molecule has 7 nitrogen and oxygen atoms in total. The van der Waals surface area contributed by atoms with E-state index >= 15 is 0 Å². The highest BCUT2D eigenvalue weighted by Gasteiger charge is 2.19. The summed E-state index contributed by atoms with van der Waals surface area (Å²) < 4.78 is 6.03. The van der Waals surface area contributed by atoms with E-state index in [2.05, 4.69) is 17.0 Å². The number of para-hydroxylation sites is 1. The normalized spacial score (nSPS) is 14.2. The first-order valence-corrected chi connectivity index (χ1v) is 13.6. The van der Waals surface area contributed by atoms with Crippen LogP contribution >= 0.6 is 12.2 Å². The molecule has 1 saturated heterocycles. The Labute approximate surface area is 226 Å². The van der Waals surface area contributed by atoms with Gasteiger partial charge in [-0.05, 0) is 61.9 Å². The summed E-state index contributed by atoms with van der Waals surface area (Å²) in [6.45, 7) is 2.95. The van der Waals surface area contributed by atoms with E-state index in [9.17, 15) is 4.79 Å². The third-order valence-corrected chi connectivity index (χ3v) is 7.55. The fraction of sp³-hybridized carbons (Fsp3) is 0.267. The number of aromatic nitrogens is 5. The third-order valence-electron chi connectivity index (χ3n) is 7.15. The first-order chi connectivity index (χ1) is 18.7. The molecule has 38 heavy (non-hydrogen) atoms. The molecule has 0 N–H and O–H groups in total. The van der Waals surface area contributed by atoms with Crippen LogP contribution in [0.1, 0.15) is 36.3 Å². The van der Waals surface area contributed by atoms with Gasteiger partial charge in [0.15, 0.2) is 5.82 Å². The highest BCUT2D eigenvalue weighted by molar-refractivity contribution is 7.71. The molecule has 0 radical (unpaired) electrons. The van der Waals surface area contributed by atoms with E-state index in [1.54, 1.807) is 4.68 Å². The minimum atomic E-state index is -0.131. The van der Waals surface area contributed by atoms with E-state index in [-0.39, 0.29) is 12.1 Å². The Morgan fingerprint density at radius 1 is 0.737 bits per heavy atom. The molecule has 0 saturated carbocycles. The molecule has 0 atom stereocenters. The number of rotatable bonds is 7. The molecule has 0 bridgehead atoms. The molecule has 0 aliphatic carbocycles. The number of piperidine rings is 1. The van der Waals surface area contributed by atoms with Crippen LogP contribution in [0.3, 0.4) is 0 Å². The maximum Gasteiger partial charge on any atom is 0.275 e. The van der Waals surface area contributed by atoms with Gasteiger partial charge in [0.05, 0.1) is 17.7 Å². The van der Waals surface area contributed by atoms with Crippen LogP contribution in [0.25, 0.3) is 16.5 Å². The van der Waals surface area contributed by atoms with Crippen molar-refractivity contribution in [2.24, 2.45) is 0 Å². The van der Waals surface area contributed by atoms with E-state index in [1.807, 2.05) is 82.0 Å². The summed E-state index contributed by atoms with van der Waals surface area (Å²) in [4.78, 5) is 16.0. The number of hydrogen-bond donors (Lipinski definition) is 0. The molecule has 0 unspecified atom stereocenters. The number of nitrogens with zero attached hydrogens (tertiary/aromatic N) is 6. The van der Waals surface area contributed by atoms with Crippen LogP contribution < -0.4 is 5.56 Å². The molecule has 3 heterocycles. The van der Waals surface area contributed by atoms with Crippen molar-refractivity contribution < 1.29 is 0 Å². The third kappa shape index (κ3) is 4.97. The lowest BCUT2D eigenvalue weighted by atomic mass is 10.0. The van der Waals surface area contributed by atoms with Gasteiger partial charge in [-0.3, -0.25) is 14.3 Å². The molecule has 8 heteroatoms. The van der Waals surface area contributed by atoms with Gasteiger partial charge in [-0.15, -0.1) is 0 Å². The quantitative estimate of drug-likeness (QED) is 0.275. The Hall–Kier alpha value is -3.88. The molecule has 2 aromatic heterocycles. The highest BCUT2D eigenvalue weighted by atomic mass is 32.1. The van der Waals surface area contributed by atoms with Gasteiger partial charge in [-0.2, -0.15) is 10.2 Å². The summed E-state index contributed by atoms with van der Waals surface area (Å²) in [7, 11) is 0. The lowest BCUT2D eigenvalue weighted by Crippen LogP contribution is -2.32. The van der Waals surface area contributed by atoms with Crippen LogP contribution in [0.4, 0.5) is 0 Å². The second-order valence-corrected chi connectivity index (χ2v) is 10.2. The maximum atomic E-state index is 13.6. The zero-order valence-corrected chi connectivity index (χ0v) is 22.1. The van der Waals surface area contributed by atoms with Gasteiger partial charge in [-0.25, -0.2) is 9.36 Å². The Morgan fingerprint density at radius 2 is 1.39 bits per heavy atom. The molecule has 3 aromatic carbocycles. The molecular formula is C30H30N6OS. The number of benzene rings is 3. The van der Waals surface area contributed by atoms with Crippen LogP contribution in [-0.4, -0.2) is 42.1 Å². The molecule has 1 aliphatic heterocycles. The zero-order valence-electron chi connectivity index (χ0n) is 21.2. The van der Waals surface area contributed by atoms with Crippen molar-refractivity contribution in [3.8, 4) is 5.69 Å². The molecule has 1 fully saturated rings. The van der Waals surface area contributed by atoms with Crippen molar-refractivity contribution >= 4 is 23.0 Å². The summed E-state index contributed by atoms with van der Waals surface area (Å²) in [5.74, 6) is 0.689. The average molecular weight is 523 g/mol. The summed E-state index contributed by atoms with van der Waals surface area (Å²) in [6.07, 6.45) is 4.30. The fourth-order valence-corrected chi connectivity index (χ4v) is 5.55. The van der Waals surface area contributed by atoms with E-state index in [1.165, 1.54) is 19.3 Å². The molecule has 1 aliphatic rings. The Bertz CT molecular complexity index is 1670. The Morgan fingerprint density at radius 3 is 2.13 bits per heavy atom. The van der Waals surface area contributed by atoms with Crippen molar-refractivity contribution in [3.05, 3.63) is 117 Å².